The van der Waals surface area contributed by atoms with Crippen LogP contribution in [0.1, 0.15) is 17.0 Å². The van der Waals surface area contributed by atoms with Crippen LogP contribution in [0.4, 0.5) is 5.82 Å². The van der Waals surface area contributed by atoms with Crippen molar-refractivity contribution in [2.75, 3.05) is 12.0 Å². The highest BCUT2D eigenvalue weighted by molar-refractivity contribution is 7.13. The van der Waals surface area contributed by atoms with E-state index in [-0.39, 0.29) is 0 Å². The van der Waals surface area contributed by atoms with Crippen molar-refractivity contribution in [2.24, 2.45) is 5.84 Å². The summed E-state index contributed by atoms with van der Waals surface area (Å²) in [4.78, 5) is 13.4. The van der Waals surface area contributed by atoms with Gasteiger partial charge in [0.25, 0.3) is 0 Å². The molecule has 0 bridgehead atoms. The van der Waals surface area contributed by atoms with E-state index in [0.29, 0.717) is 24.9 Å². The standard InChI is InChI=1S/C11H13N5OS/c1-6-5-18-11(13-6)10-14-8-2-3-17-4-7(8)9(15-10)16-12/h5H,2-4,12H2,1H3,(H,14,15,16). The van der Waals surface area contributed by atoms with Crippen molar-refractivity contribution >= 4 is 17.2 Å². The predicted octanol–water partition coefficient (Wildman–Crippen LogP) is 1.27. The first-order valence-electron chi connectivity index (χ1n) is 5.64. The lowest BCUT2D eigenvalue weighted by molar-refractivity contribution is 0.109. The van der Waals surface area contributed by atoms with Crippen molar-refractivity contribution in [1.29, 1.82) is 0 Å². The van der Waals surface area contributed by atoms with Gasteiger partial charge in [0.2, 0.25) is 0 Å². The number of nitrogens with zero attached hydrogens (tertiary/aromatic N) is 3. The number of aryl methyl sites for hydroxylation is 1. The summed E-state index contributed by atoms with van der Waals surface area (Å²) in [6, 6.07) is 0. The van der Waals surface area contributed by atoms with Crippen LogP contribution < -0.4 is 11.3 Å². The molecule has 1 aliphatic rings. The first-order chi connectivity index (χ1) is 8.78. The first-order valence-corrected chi connectivity index (χ1v) is 6.52. The molecule has 0 fully saturated rings. The molecule has 6 nitrogen and oxygen atoms in total. The number of nitrogen functional groups attached to an aromatic ring is 1. The van der Waals surface area contributed by atoms with Gasteiger partial charge in [0, 0.05) is 23.1 Å². The molecule has 94 valence electrons. The summed E-state index contributed by atoms with van der Waals surface area (Å²) < 4.78 is 5.40. The van der Waals surface area contributed by atoms with Gasteiger partial charge in [-0.05, 0) is 6.92 Å². The molecule has 0 saturated heterocycles. The van der Waals surface area contributed by atoms with Crippen LogP contribution in [0.2, 0.25) is 0 Å². The maximum Gasteiger partial charge on any atom is 0.190 e. The summed E-state index contributed by atoms with van der Waals surface area (Å²) in [6.07, 6.45) is 0.782. The van der Waals surface area contributed by atoms with Crippen LogP contribution in [0.5, 0.6) is 0 Å². The van der Waals surface area contributed by atoms with E-state index in [1.165, 1.54) is 11.3 Å². The smallest absolute Gasteiger partial charge is 0.190 e. The Morgan fingerprint density at radius 2 is 2.28 bits per heavy atom. The molecule has 0 atom stereocenters. The largest absolute Gasteiger partial charge is 0.376 e. The maximum absolute atomic E-state index is 5.51. The Bertz CT molecular complexity index is 566. The summed E-state index contributed by atoms with van der Waals surface area (Å²) >= 11 is 1.54. The average Bonchev–Trinajstić information content (AvgIpc) is 2.84. The average molecular weight is 263 g/mol. The van der Waals surface area contributed by atoms with Gasteiger partial charge in [-0.1, -0.05) is 0 Å². The Morgan fingerprint density at radius 3 is 3.00 bits per heavy atom. The van der Waals surface area contributed by atoms with Gasteiger partial charge >= 0.3 is 0 Å². The number of hydrogen-bond donors (Lipinski definition) is 2. The Kier molecular flexibility index (Phi) is 2.94. The molecule has 0 aromatic carbocycles. The molecule has 3 rings (SSSR count). The van der Waals surface area contributed by atoms with E-state index < -0.39 is 0 Å². The van der Waals surface area contributed by atoms with E-state index in [0.717, 1.165) is 28.4 Å². The number of rotatable bonds is 2. The van der Waals surface area contributed by atoms with Gasteiger partial charge in [0.1, 0.15) is 5.82 Å². The molecule has 18 heavy (non-hydrogen) atoms. The Morgan fingerprint density at radius 1 is 1.39 bits per heavy atom. The molecule has 1 aliphatic heterocycles. The number of hydrazine groups is 1. The second kappa shape index (κ2) is 4.60. The van der Waals surface area contributed by atoms with Crippen molar-refractivity contribution < 1.29 is 4.74 Å². The highest BCUT2D eigenvalue weighted by Crippen LogP contribution is 2.27. The Labute approximate surface area is 108 Å². The summed E-state index contributed by atoms with van der Waals surface area (Å²) in [6.45, 7) is 3.14. The van der Waals surface area contributed by atoms with Crippen LogP contribution in [0, 0.1) is 6.92 Å². The topological polar surface area (TPSA) is 86.0 Å². The zero-order valence-electron chi connectivity index (χ0n) is 9.93. The molecule has 2 aromatic heterocycles. The SMILES string of the molecule is Cc1csc(-c2nc3c(c(NN)n2)COCC3)n1. The lowest BCUT2D eigenvalue weighted by Gasteiger charge is -2.18. The van der Waals surface area contributed by atoms with E-state index in [9.17, 15) is 0 Å². The van der Waals surface area contributed by atoms with Crippen molar-refractivity contribution in [3.8, 4) is 10.8 Å². The molecular weight excluding hydrogens is 250 g/mol. The number of anilines is 1. The highest BCUT2D eigenvalue weighted by Gasteiger charge is 2.19. The fraction of sp³-hybridized carbons (Fsp3) is 0.364. The third kappa shape index (κ3) is 1.96. The molecule has 0 saturated carbocycles. The minimum absolute atomic E-state index is 0.506. The van der Waals surface area contributed by atoms with Gasteiger partial charge in [-0.15, -0.1) is 11.3 Å². The van der Waals surface area contributed by atoms with Crippen LogP contribution in [-0.2, 0) is 17.8 Å². The van der Waals surface area contributed by atoms with E-state index in [4.69, 9.17) is 10.6 Å². The van der Waals surface area contributed by atoms with Crippen molar-refractivity contribution in [3.63, 3.8) is 0 Å². The van der Waals surface area contributed by atoms with Crippen LogP contribution in [-0.4, -0.2) is 21.6 Å². The van der Waals surface area contributed by atoms with Gasteiger partial charge in [-0.3, -0.25) is 0 Å². The summed E-state index contributed by atoms with van der Waals surface area (Å²) in [5, 5.41) is 2.80. The third-order valence-corrected chi connectivity index (χ3v) is 3.73. The minimum atomic E-state index is 0.506. The Hall–Kier alpha value is -1.57. The molecule has 0 radical (unpaired) electrons. The molecule has 0 aliphatic carbocycles. The molecule has 0 amide bonds. The molecule has 3 heterocycles. The lowest BCUT2D eigenvalue weighted by Crippen LogP contribution is -2.19. The van der Waals surface area contributed by atoms with Gasteiger partial charge in [0.05, 0.1) is 18.9 Å². The number of nitrogens with one attached hydrogen (secondary N) is 1. The number of hydrogen-bond acceptors (Lipinski definition) is 7. The van der Waals surface area contributed by atoms with Gasteiger partial charge in [0.15, 0.2) is 10.8 Å². The molecule has 0 spiro atoms. The van der Waals surface area contributed by atoms with E-state index in [1.807, 2.05) is 12.3 Å². The molecule has 7 heteroatoms. The molecule has 0 unspecified atom stereocenters. The van der Waals surface area contributed by atoms with Gasteiger partial charge < -0.3 is 10.2 Å². The van der Waals surface area contributed by atoms with Crippen LogP contribution >= 0.6 is 11.3 Å². The van der Waals surface area contributed by atoms with Gasteiger partial charge in [-0.2, -0.15) is 0 Å². The number of aromatic nitrogens is 3. The summed E-state index contributed by atoms with van der Waals surface area (Å²) in [7, 11) is 0. The van der Waals surface area contributed by atoms with E-state index in [2.05, 4.69) is 20.4 Å². The predicted molar refractivity (Wildman–Crippen MR) is 69.0 cm³/mol. The molecule has 3 N–H and O–H groups in total. The van der Waals surface area contributed by atoms with Crippen molar-refractivity contribution in [1.82, 2.24) is 15.0 Å². The lowest BCUT2D eigenvalue weighted by atomic mass is 10.1. The molecule has 2 aromatic rings. The van der Waals surface area contributed by atoms with Gasteiger partial charge in [-0.25, -0.2) is 20.8 Å². The number of fused-ring (bicyclic) bond motifs is 1. The zero-order chi connectivity index (χ0) is 12.5. The minimum Gasteiger partial charge on any atom is -0.376 e. The first kappa shape index (κ1) is 11.5. The fourth-order valence-corrected chi connectivity index (χ4v) is 2.63. The van der Waals surface area contributed by atoms with Crippen LogP contribution in [0.25, 0.3) is 10.8 Å². The second-order valence-corrected chi connectivity index (χ2v) is 4.92. The monoisotopic (exact) mass is 263 g/mol. The van der Waals surface area contributed by atoms with Crippen molar-refractivity contribution in [3.05, 3.63) is 22.3 Å². The second-order valence-electron chi connectivity index (χ2n) is 4.06. The molecular formula is C11H13N5OS. The third-order valence-electron chi connectivity index (χ3n) is 2.77. The number of ether oxygens (including phenoxy) is 1. The number of thiazole rings is 1. The van der Waals surface area contributed by atoms with Crippen LogP contribution in [0.15, 0.2) is 5.38 Å². The van der Waals surface area contributed by atoms with E-state index in [1.54, 1.807) is 0 Å². The number of nitrogens with two attached hydrogens (primary N) is 1. The van der Waals surface area contributed by atoms with Crippen LogP contribution in [0.3, 0.4) is 0 Å². The maximum atomic E-state index is 5.51. The highest BCUT2D eigenvalue weighted by atomic mass is 32.1. The summed E-state index contributed by atoms with van der Waals surface area (Å²) in [5.74, 6) is 6.77. The Balaban J connectivity index is 2.11. The summed E-state index contributed by atoms with van der Waals surface area (Å²) in [5.41, 5.74) is 5.53. The fourth-order valence-electron chi connectivity index (χ4n) is 1.90. The zero-order valence-corrected chi connectivity index (χ0v) is 10.8. The van der Waals surface area contributed by atoms with Crippen molar-refractivity contribution in [2.45, 2.75) is 20.0 Å². The quantitative estimate of drug-likeness (QED) is 0.627. The normalized spacial score (nSPS) is 14.3. The van der Waals surface area contributed by atoms with E-state index >= 15 is 0 Å².